The van der Waals surface area contributed by atoms with Gasteiger partial charge in [-0.05, 0) is 0 Å². The first kappa shape index (κ1) is 10.5. The number of aliphatic carboxylic acids is 1. The molecule has 0 spiro atoms. The Labute approximate surface area is 65.0 Å². The van der Waals surface area contributed by atoms with Crippen molar-refractivity contribution in [1.29, 1.82) is 0 Å². The Bertz CT molecular complexity index is 161. The fourth-order valence-electron chi connectivity index (χ4n) is 0.477. The molecular formula is C5H11NO4P+. The summed E-state index contributed by atoms with van der Waals surface area (Å²) in [5, 5.41) is 16.6. The second-order valence-electron chi connectivity index (χ2n) is 2.08. The van der Waals surface area contributed by atoms with E-state index < -0.39 is 26.2 Å². The van der Waals surface area contributed by atoms with Crippen LogP contribution in [-0.4, -0.2) is 34.7 Å². The van der Waals surface area contributed by atoms with Crippen molar-refractivity contribution in [3.63, 3.8) is 0 Å². The van der Waals surface area contributed by atoms with Crippen LogP contribution in [0, 0.1) is 0 Å². The Morgan fingerprint density at radius 2 is 2.18 bits per heavy atom. The van der Waals surface area contributed by atoms with Gasteiger partial charge in [-0.3, -0.25) is 4.79 Å². The van der Waals surface area contributed by atoms with Crippen molar-refractivity contribution in [2.24, 2.45) is 5.73 Å². The third-order valence-electron chi connectivity index (χ3n) is 1.16. The van der Waals surface area contributed by atoms with Crippen LogP contribution in [-0.2, 0) is 9.36 Å². The molecule has 0 saturated carbocycles. The lowest BCUT2D eigenvalue weighted by Crippen LogP contribution is -2.30. The molecule has 0 bridgehead atoms. The second-order valence-corrected chi connectivity index (χ2v) is 3.77. The zero-order chi connectivity index (χ0) is 8.85. The average molecular weight is 180 g/mol. The Kier molecular flexibility index (Phi) is 4.94. The predicted molar refractivity (Wildman–Crippen MR) is 39.8 cm³/mol. The van der Waals surface area contributed by atoms with E-state index >= 15 is 0 Å². The highest BCUT2D eigenvalue weighted by atomic mass is 31.1. The van der Waals surface area contributed by atoms with E-state index in [4.69, 9.17) is 15.9 Å². The number of aliphatic hydroxyl groups excluding tert-OH is 1. The van der Waals surface area contributed by atoms with Crippen molar-refractivity contribution in [1.82, 2.24) is 0 Å². The maximum atomic E-state index is 10.6. The molecule has 0 fully saturated rings. The van der Waals surface area contributed by atoms with Crippen LogP contribution in [0.3, 0.4) is 0 Å². The highest BCUT2D eigenvalue weighted by Crippen LogP contribution is 2.19. The summed E-state index contributed by atoms with van der Waals surface area (Å²) in [4.78, 5) is 10.1. The fourth-order valence-corrected chi connectivity index (χ4v) is 1.18. The van der Waals surface area contributed by atoms with Gasteiger partial charge in [-0.2, -0.15) is 0 Å². The quantitative estimate of drug-likeness (QED) is 0.498. The van der Waals surface area contributed by atoms with E-state index in [0.29, 0.717) is 0 Å². The Hall–Kier alpha value is -0.510. The first-order chi connectivity index (χ1) is 5.07. The number of hydrogen-bond acceptors (Lipinski definition) is 4. The van der Waals surface area contributed by atoms with Crippen molar-refractivity contribution >= 4 is 13.8 Å². The van der Waals surface area contributed by atoms with Crippen LogP contribution in [0.2, 0.25) is 0 Å². The van der Waals surface area contributed by atoms with E-state index in [1.54, 1.807) is 0 Å². The van der Waals surface area contributed by atoms with E-state index in [0.717, 1.165) is 0 Å². The summed E-state index contributed by atoms with van der Waals surface area (Å²) in [6.45, 7) is 0. The maximum Gasteiger partial charge on any atom is 0.366 e. The van der Waals surface area contributed by atoms with Crippen LogP contribution >= 0.6 is 7.80 Å². The van der Waals surface area contributed by atoms with E-state index in [1.807, 2.05) is 0 Å². The molecule has 0 saturated heterocycles. The number of carbonyl (C=O) groups is 1. The van der Waals surface area contributed by atoms with Crippen LogP contribution in [0.5, 0.6) is 0 Å². The molecule has 0 aliphatic carbocycles. The minimum atomic E-state index is -1.67. The minimum Gasteiger partial charge on any atom is -0.480 e. The number of aliphatic hydroxyl groups is 1. The molecule has 0 aliphatic heterocycles. The molecule has 5 nitrogen and oxygen atoms in total. The SMILES string of the molecule is N[C@H](CC[P+](=O)CO)C(=O)O. The van der Waals surface area contributed by atoms with Gasteiger partial charge in [-0.25, -0.2) is 0 Å². The monoisotopic (exact) mass is 180 g/mol. The largest absolute Gasteiger partial charge is 0.480 e. The number of rotatable bonds is 5. The van der Waals surface area contributed by atoms with Crippen molar-refractivity contribution in [2.45, 2.75) is 12.5 Å². The molecule has 0 amide bonds. The van der Waals surface area contributed by atoms with Crippen molar-refractivity contribution in [3.8, 4) is 0 Å². The number of carboxylic acid groups (broad SMARTS) is 1. The highest BCUT2D eigenvalue weighted by molar-refractivity contribution is 7.44. The lowest BCUT2D eigenvalue weighted by Gasteiger charge is -1.99. The van der Waals surface area contributed by atoms with Crippen LogP contribution in [0.4, 0.5) is 0 Å². The molecule has 0 aromatic rings. The average Bonchev–Trinajstić information content (AvgIpc) is 1.99. The molecule has 0 aromatic heterocycles. The summed E-state index contributed by atoms with van der Waals surface area (Å²) in [5.74, 6) is -1.11. The number of carboxylic acids is 1. The molecule has 64 valence electrons. The van der Waals surface area contributed by atoms with Gasteiger partial charge in [0.1, 0.15) is 6.04 Å². The number of hydrogen-bond donors (Lipinski definition) is 3. The lowest BCUT2D eigenvalue weighted by molar-refractivity contribution is -0.138. The van der Waals surface area contributed by atoms with Gasteiger partial charge in [0.05, 0.1) is 0 Å². The molecule has 2 atom stereocenters. The van der Waals surface area contributed by atoms with Gasteiger partial charge in [0.2, 0.25) is 6.35 Å². The Morgan fingerprint density at radius 3 is 2.55 bits per heavy atom. The fraction of sp³-hybridized carbons (Fsp3) is 0.800. The van der Waals surface area contributed by atoms with Crippen LogP contribution in [0.1, 0.15) is 6.42 Å². The molecule has 6 heteroatoms. The molecular weight excluding hydrogens is 169 g/mol. The summed E-state index contributed by atoms with van der Waals surface area (Å²) >= 11 is 0. The molecule has 1 unspecified atom stereocenters. The van der Waals surface area contributed by atoms with Crippen molar-refractivity contribution in [2.75, 3.05) is 12.5 Å². The third kappa shape index (κ3) is 4.84. The van der Waals surface area contributed by atoms with E-state index in [9.17, 15) is 9.36 Å². The van der Waals surface area contributed by atoms with Gasteiger partial charge in [0.25, 0.3) is 0 Å². The summed E-state index contributed by atoms with van der Waals surface area (Å²) in [5.41, 5.74) is 5.11. The van der Waals surface area contributed by atoms with E-state index in [-0.39, 0.29) is 12.6 Å². The smallest absolute Gasteiger partial charge is 0.366 e. The van der Waals surface area contributed by atoms with Crippen LogP contribution in [0.15, 0.2) is 0 Å². The second kappa shape index (κ2) is 5.18. The zero-order valence-electron chi connectivity index (χ0n) is 5.93. The molecule has 0 rings (SSSR count). The molecule has 0 radical (unpaired) electrons. The summed E-state index contributed by atoms with van der Waals surface area (Å²) in [6.07, 6.45) is -0.0912. The zero-order valence-corrected chi connectivity index (χ0v) is 6.83. The molecule has 0 aromatic carbocycles. The van der Waals surface area contributed by atoms with Gasteiger partial charge >= 0.3 is 13.8 Å². The van der Waals surface area contributed by atoms with Gasteiger partial charge in [-0.1, -0.05) is 4.57 Å². The van der Waals surface area contributed by atoms with E-state index in [1.165, 1.54) is 0 Å². The normalized spacial score (nSPS) is 14.2. The Morgan fingerprint density at radius 1 is 1.64 bits per heavy atom. The van der Waals surface area contributed by atoms with Crippen LogP contribution in [0.25, 0.3) is 0 Å². The van der Waals surface area contributed by atoms with E-state index in [2.05, 4.69) is 0 Å². The van der Waals surface area contributed by atoms with Crippen molar-refractivity contribution < 1.29 is 19.6 Å². The lowest BCUT2D eigenvalue weighted by atomic mass is 10.2. The molecule has 4 N–H and O–H groups in total. The van der Waals surface area contributed by atoms with Crippen molar-refractivity contribution in [3.05, 3.63) is 0 Å². The van der Waals surface area contributed by atoms with Crippen LogP contribution < -0.4 is 5.73 Å². The summed E-state index contributed by atoms with van der Waals surface area (Å²) in [7, 11) is -1.67. The maximum absolute atomic E-state index is 10.6. The first-order valence-corrected chi connectivity index (χ1v) is 4.72. The standard InChI is InChI=1S/C5H10NO4P/c6-4(5(8)9)1-2-11(10)3-7/h4,7H,1-3,6H2/p+1/t4-/m1/s1. The van der Waals surface area contributed by atoms with Gasteiger partial charge < -0.3 is 15.9 Å². The summed E-state index contributed by atoms with van der Waals surface area (Å²) < 4.78 is 10.6. The van der Waals surface area contributed by atoms with Gasteiger partial charge in [-0.15, -0.1) is 0 Å². The Balaban J connectivity index is 3.54. The molecule has 11 heavy (non-hydrogen) atoms. The molecule has 0 aliphatic rings. The highest BCUT2D eigenvalue weighted by Gasteiger charge is 2.18. The van der Waals surface area contributed by atoms with Gasteiger partial charge in [0.15, 0.2) is 6.16 Å². The predicted octanol–water partition coefficient (Wildman–Crippen LogP) is -0.434. The number of nitrogens with two attached hydrogens (primary N) is 1. The minimum absolute atomic E-state index is 0.144. The third-order valence-corrected chi connectivity index (χ3v) is 2.24. The first-order valence-electron chi connectivity index (χ1n) is 3.09. The summed E-state index contributed by atoms with van der Waals surface area (Å²) in [6, 6.07) is -0.972. The van der Waals surface area contributed by atoms with Gasteiger partial charge in [0, 0.05) is 6.42 Å². The molecule has 0 heterocycles. The topological polar surface area (TPSA) is 101 Å².